The molecule has 5 heteroatoms. The molecule has 120 valence electrons. The summed E-state index contributed by atoms with van der Waals surface area (Å²) in [5.41, 5.74) is 1.91. The molecule has 3 aromatic rings. The van der Waals surface area contributed by atoms with Crippen molar-refractivity contribution in [1.29, 1.82) is 0 Å². The van der Waals surface area contributed by atoms with Crippen LogP contribution in [0.25, 0.3) is 5.69 Å². The van der Waals surface area contributed by atoms with Gasteiger partial charge in [-0.1, -0.05) is 18.2 Å². The summed E-state index contributed by atoms with van der Waals surface area (Å²) in [6.07, 6.45) is 3.45. The third kappa shape index (κ3) is 2.44. The summed E-state index contributed by atoms with van der Waals surface area (Å²) in [4.78, 5) is 17.1. The van der Waals surface area contributed by atoms with E-state index in [9.17, 15) is 4.79 Å². The molecule has 0 fully saturated rings. The number of para-hydroxylation sites is 1. The van der Waals surface area contributed by atoms with Gasteiger partial charge in [0.1, 0.15) is 11.5 Å². The number of aromatic nitrogens is 2. The Morgan fingerprint density at radius 2 is 2.00 bits per heavy atom. The molecule has 2 aromatic carbocycles. The van der Waals surface area contributed by atoms with Gasteiger partial charge >= 0.3 is 0 Å². The van der Waals surface area contributed by atoms with Crippen LogP contribution in [0.1, 0.15) is 16.2 Å². The summed E-state index contributed by atoms with van der Waals surface area (Å²) in [7, 11) is 1.62. The number of hydrogen-bond donors (Lipinski definition) is 0. The fourth-order valence-electron chi connectivity index (χ4n) is 2.91. The second-order valence-electron chi connectivity index (χ2n) is 5.60. The average Bonchev–Trinajstić information content (AvgIpc) is 3.28. The summed E-state index contributed by atoms with van der Waals surface area (Å²) in [6, 6.07) is 15.2. The molecule has 0 N–H and O–H groups in total. The lowest BCUT2D eigenvalue weighted by Gasteiger charge is -2.12. The van der Waals surface area contributed by atoms with Gasteiger partial charge in [0.2, 0.25) is 5.78 Å². The maximum atomic E-state index is 12.9. The molecule has 0 bridgehead atoms. The van der Waals surface area contributed by atoms with Crippen molar-refractivity contribution in [3.8, 4) is 17.2 Å². The number of benzene rings is 2. The van der Waals surface area contributed by atoms with Crippen molar-refractivity contribution in [2.24, 2.45) is 0 Å². The van der Waals surface area contributed by atoms with E-state index in [1.165, 1.54) is 0 Å². The predicted octanol–water partition coefficient (Wildman–Crippen LogP) is 3.07. The highest BCUT2D eigenvalue weighted by Gasteiger charge is 2.32. The molecular formula is C19H16N2O3. The molecule has 0 amide bonds. The van der Waals surface area contributed by atoms with Crippen LogP contribution in [0.5, 0.6) is 11.5 Å². The van der Waals surface area contributed by atoms with Crippen molar-refractivity contribution in [2.75, 3.05) is 7.11 Å². The van der Waals surface area contributed by atoms with E-state index in [1.54, 1.807) is 24.1 Å². The second kappa shape index (κ2) is 5.85. The van der Waals surface area contributed by atoms with Gasteiger partial charge in [0.25, 0.3) is 0 Å². The zero-order chi connectivity index (χ0) is 16.5. The maximum Gasteiger partial charge on any atom is 0.239 e. The normalized spacial score (nSPS) is 15.6. The SMILES string of the molecule is COc1ccc(-n2ccnc2C(=O)[C@H]2Cc3ccccc3O2)cc1. The van der Waals surface area contributed by atoms with Gasteiger partial charge in [-0.3, -0.25) is 9.36 Å². The van der Waals surface area contributed by atoms with Crippen LogP contribution in [0, 0.1) is 0 Å². The van der Waals surface area contributed by atoms with Crippen molar-refractivity contribution in [3.63, 3.8) is 0 Å². The fourth-order valence-corrected chi connectivity index (χ4v) is 2.91. The van der Waals surface area contributed by atoms with Crippen LogP contribution in [-0.4, -0.2) is 28.5 Å². The van der Waals surface area contributed by atoms with E-state index >= 15 is 0 Å². The Morgan fingerprint density at radius 1 is 1.21 bits per heavy atom. The molecule has 1 aliphatic rings. The lowest BCUT2D eigenvalue weighted by Crippen LogP contribution is -2.28. The van der Waals surface area contributed by atoms with Gasteiger partial charge in [-0.25, -0.2) is 4.98 Å². The standard InChI is InChI=1S/C19H16N2O3/c1-23-15-8-6-14(7-9-15)21-11-10-20-19(21)18(22)17-12-13-4-2-3-5-16(13)24-17/h2-11,17H,12H2,1H3/t17-/m1/s1. The number of carbonyl (C=O) groups excluding carboxylic acids is 1. The topological polar surface area (TPSA) is 53.4 Å². The molecule has 4 rings (SSSR count). The molecule has 24 heavy (non-hydrogen) atoms. The van der Waals surface area contributed by atoms with Crippen molar-refractivity contribution < 1.29 is 14.3 Å². The average molecular weight is 320 g/mol. The number of imidazole rings is 1. The highest BCUT2D eigenvalue weighted by atomic mass is 16.5. The highest BCUT2D eigenvalue weighted by Crippen LogP contribution is 2.29. The van der Waals surface area contributed by atoms with E-state index in [2.05, 4.69) is 4.98 Å². The summed E-state index contributed by atoms with van der Waals surface area (Å²) in [6.45, 7) is 0. The number of fused-ring (bicyclic) bond motifs is 1. The number of hydrogen-bond acceptors (Lipinski definition) is 4. The molecule has 1 atom stereocenters. The monoisotopic (exact) mass is 320 g/mol. The van der Waals surface area contributed by atoms with E-state index in [0.717, 1.165) is 22.7 Å². The van der Waals surface area contributed by atoms with Gasteiger partial charge < -0.3 is 9.47 Å². The molecule has 2 heterocycles. The molecular weight excluding hydrogens is 304 g/mol. The van der Waals surface area contributed by atoms with Crippen molar-refractivity contribution in [3.05, 3.63) is 72.3 Å². The minimum atomic E-state index is -0.526. The molecule has 0 saturated carbocycles. The Balaban J connectivity index is 1.62. The van der Waals surface area contributed by atoms with Crippen LogP contribution >= 0.6 is 0 Å². The number of ketones is 1. The Kier molecular flexibility index (Phi) is 3.54. The number of carbonyl (C=O) groups is 1. The first kappa shape index (κ1) is 14.5. The van der Waals surface area contributed by atoms with Gasteiger partial charge in [0.15, 0.2) is 11.9 Å². The third-order valence-electron chi connectivity index (χ3n) is 4.15. The first-order chi connectivity index (χ1) is 11.8. The minimum Gasteiger partial charge on any atom is -0.497 e. The number of nitrogens with zero attached hydrogens (tertiary/aromatic N) is 2. The van der Waals surface area contributed by atoms with Gasteiger partial charge in [-0.2, -0.15) is 0 Å². The minimum absolute atomic E-state index is 0.119. The Hall–Kier alpha value is -3.08. The van der Waals surface area contributed by atoms with Crippen LogP contribution < -0.4 is 9.47 Å². The van der Waals surface area contributed by atoms with Gasteiger partial charge in [0, 0.05) is 24.5 Å². The Bertz CT molecular complexity index is 859. The smallest absolute Gasteiger partial charge is 0.239 e. The number of rotatable bonds is 4. The maximum absolute atomic E-state index is 12.9. The van der Waals surface area contributed by atoms with E-state index in [-0.39, 0.29) is 5.78 Å². The summed E-state index contributed by atoms with van der Waals surface area (Å²) >= 11 is 0. The van der Waals surface area contributed by atoms with Crippen LogP contribution in [-0.2, 0) is 6.42 Å². The van der Waals surface area contributed by atoms with E-state index in [0.29, 0.717) is 12.2 Å². The molecule has 0 aliphatic carbocycles. The van der Waals surface area contributed by atoms with Crippen molar-refractivity contribution in [2.45, 2.75) is 12.5 Å². The molecule has 0 saturated heterocycles. The van der Waals surface area contributed by atoms with Crippen LogP contribution in [0.3, 0.4) is 0 Å². The van der Waals surface area contributed by atoms with Gasteiger partial charge in [0.05, 0.1) is 7.11 Å². The van der Waals surface area contributed by atoms with Gasteiger partial charge in [-0.15, -0.1) is 0 Å². The van der Waals surface area contributed by atoms with Crippen LogP contribution in [0.4, 0.5) is 0 Å². The third-order valence-corrected chi connectivity index (χ3v) is 4.15. The molecule has 0 radical (unpaired) electrons. The fraction of sp³-hybridized carbons (Fsp3) is 0.158. The molecule has 5 nitrogen and oxygen atoms in total. The van der Waals surface area contributed by atoms with Crippen molar-refractivity contribution in [1.82, 2.24) is 9.55 Å². The first-order valence-electron chi connectivity index (χ1n) is 7.73. The zero-order valence-electron chi connectivity index (χ0n) is 13.2. The molecule has 1 aliphatic heterocycles. The van der Waals surface area contributed by atoms with Crippen molar-refractivity contribution >= 4 is 5.78 Å². The molecule has 1 aromatic heterocycles. The largest absolute Gasteiger partial charge is 0.497 e. The quantitative estimate of drug-likeness (QED) is 0.693. The van der Waals surface area contributed by atoms with Gasteiger partial charge in [-0.05, 0) is 35.9 Å². The number of Topliss-reactive ketones (excluding diaryl/α,β-unsaturated/α-hetero) is 1. The summed E-state index contributed by atoms with van der Waals surface area (Å²) < 4.78 is 12.7. The number of methoxy groups -OCH3 is 1. The van der Waals surface area contributed by atoms with Crippen LogP contribution in [0.2, 0.25) is 0 Å². The second-order valence-corrected chi connectivity index (χ2v) is 5.60. The highest BCUT2D eigenvalue weighted by molar-refractivity contribution is 5.98. The lowest BCUT2D eigenvalue weighted by molar-refractivity contribution is 0.0812. The first-order valence-corrected chi connectivity index (χ1v) is 7.73. The number of ether oxygens (including phenoxy) is 2. The van der Waals surface area contributed by atoms with Crippen LogP contribution in [0.15, 0.2) is 60.9 Å². The van der Waals surface area contributed by atoms with E-state index in [1.807, 2.05) is 48.5 Å². The summed E-state index contributed by atoms with van der Waals surface area (Å²) in [5, 5.41) is 0. The Morgan fingerprint density at radius 3 is 2.75 bits per heavy atom. The van der Waals surface area contributed by atoms with E-state index < -0.39 is 6.10 Å². The molecule has 0 unspecified atom stereocenters. The summed E-state index contributed by atoms with van der Waals surface area (Å²) in [5.74, 6) is 1.80. The molecule has 0 spiro atoms. The van der Waals surface area contributed by atoms with E-state index in [4.69, 9.17) is 9.47 Å². The zero-order valence-corrected chi connectivity index (χ0v) is 13.2. The lowest BCUT2D eigenvalue weighted by atomic mass is 10.1. The predicted molar refractivity (Wildman–Crippen MR) is 89.0 cm³/mol. The Labute approximate surface area is 139 Å².